The van der Waals surface area contributed by atoms with Crippen LogP contribution in [0.4, 0.5) is 0 Å². The summed E-state index contributed by atoms with van der Waals surface area (Å²) in [5.41, 5.74) is 8.17. The number of nitrogens with one attached hydrogen (secondary N) is 1. The summed E-state index contributed by atoms with van der Waals surface area (Å²) >= 11 is 0. The third-order valence-corrected chi connectivity index (χ3v) is 4.28. The highest BCUT2D eigenvalue weighted by atomic mass is 16.1. The molecule has 1 saturated carbocycles. The molecule has 1 fully saturated rings. The second-order valence-electron chi connectivity index (χ2n) is 5.66. The fourth-order valence-electron chi connectivity index (χ4n) is 2.88. The Morgan fingerprint density at radius 1 is 1.63 bits per heavy atom. The minimum Gasteiger partial charge on any atom is -0.349 e. The van der Waals surface area contributed by atoms with E-state index in [1.807, 2.05) is 31.8 Å². The molecule has 0 aromatic carbocycles. The van der Waals surface area contributed by atoms with Gasteiger partial charge in [-0.1, -0.05) is 6.42 Å². The summed E-state index contributed by atoms with van der Waals surface area (Å²) in [5.74, 6) is 0.445. The topological polar surface area (TPSA) is 72.9 Å². The molecule has 106 valence electrons. The van der Waals surface area contributed by atoms with Gasteiger partial charge in [0, 0.05) is 30.8 Å². The maximum absolute atomic E-state index is 12.1. The standard InChI is InChI=1S/C14H24N4O/c1-9(12-8-16-18(3)10(12)2)17-14(19)7-11-5-4-6-13(11)15/h8-9,11,13H,4-7,15H2,1-3H3,(H,17,19)/t9?,11-,13+/m0/s1. The zero-order chi connectivity index (χ0) is 14.0. The van der Waals surface area contributed by atoms with E-state index in [0.717, 1.165) is 30.5 Å². The average Bonchev–Trinajstić information content (AvgIpc) is 2.88. The summed E-state index contributed by atoms with van der Waals surface area (Å²) in [6.45, 7) is 4.01. The largest absolute Gasteiger partial charge is 0.349 e. The summed E-state index contributed by atoms with van der Waals surface area (Å²) < 4.78 is 1.82. The van der Waals surface area contributed by atoms with Crippen molar-refractivity contribution in [2.24, 2.45) is 18.7 Å². The van der Waals surface area contributed by atoms with Crippen LogP contribution < -0.4 is 11.1 Å². The first-order valence-corrected chi connectivity index (χ1v) is 7.02. The molecule has 19 heavy (non-hydrogen) atoms. The number of nitrogens with zero attached hydrogens (tertiary/aromatic N) is 2. The highest BCUT2D eigenvalue weighted by molar-refractivity contribution is 5.76. The molecule has 1 aliphatic carbocycles. The van der Waals surface area contributed by atoms with Gasteiger partial charge in [-0.3, -0.25) is 9.48 Å². The fourth-order valence-corrected chi connectivity index (χ4v) is 2.88. The highest BCUT2D eigenvalue weighted by Gasteiger charge is 2.26. The molecule has 3 atom stereocenters. The lowest BCUT2D eigenvalue weighted by atomic mass is 9.99. The third-order valence-electron chi connectivity index (χ3n) is 4.28. The van der Waals surface area contributed by atoms with Gasteiger partial charge in [-0.25, -0.2) is 0 Å². The molecule has 1 aromatic rings. The number of aromatic nitrogens is 2. The van der Waals surface area contributed by atoms with Crippen LogP contribution in [0.25, 0.3) is 0 Å². The van der Waals surface area contributed by atoms with Crippen LogP contribution in [0.5, 0.6) is 0 Å². The molecule has 0 spiro atoms. The Morgan fingerprint density at radius 3 is 2.89 bits per heavy atom. The predicted octanol–water partition coefficient (Wildman–Crippen LogP) is 1.42. The number of carbonyl (C=O) groups excluding carboxylic acids is 1. The van der Waals surface area contributed by atoms with E-state index in [1.165, 1.54) is 0 Å². The van der Waals surface area contributed by atoms with Crippen molar-refractivity contribution in [1.82, 2.24) is 15.1 Å². The van der Waals surface area contributed by atoms with Crippen molar-refractivity contribution >= 4 is 5.91 Å². The molecule has 0 bridgehead atoms. The van der Waals surface area contributed by atoms with E-state index >= 15 is 0 Å². The monoisotopic (exact) mass is 264 g/mol. The Bertz CT molecular complexity index is 454. The first-order valence-electron chi connectivity index (χ1n) is 7.02. The van der Waals surface area contributed by atoms with Crippen LogP contribution in [0.15, 0.2) is 6.20 Å². The highest BCUT2D eigenvalue weighted by Crippen LogP contribution is 2.27. The van der Waals surface area contributed by atoms with Gasteiger partial charge in [0.1, 0.15) is 0 Å². The Balaban J connectivity index is 1.90. The molecule has 1 unspecified atom stereocenters. The van der Waals surface area contributed by atoms with E-state index in [2.05, 4.69) is 10.4 Å². The van der Waals surface area contributed by atoms with Crippen molar-refractivity contribution in [3.05, 3.63) is 17.5 Å². The van der Waals surface area contributed by atoms with E-state index < -0.39 is 0 Å². The molecule has 0 radical (unpaired) electrons. The van der Waals surface area contributed by atoms with Crippen molar-refractivity contribution in [2.45, 2.75) is 51.6 Å². The second-order valence-corrected chi connectivity index (χ2v) is 5.66. The quantitative estimate of drug-likeness (QED) is 0.864. The number of aryl methyl sites for hydroxylation is 1. The predicted molar refractivity (Wildman–Crippen MR) is 74.4 cm³/mol. The molecule has 1 amide bonds. The molecular weight excluding hydrogens is 240 g/mol. The molecule has 5 nitrogen and oxygen atoms in total. The molecule has 3 N–H and O–H groups in total. The zero-order valence-corrected chi connectivity index (χ0v) is 12.0. The van der Waals surface area contributed by atoms with Crippen LogP contribution in [0, 0.1) is 12.8 Å². The molecule has 1 heterocycles. The zero-order valence-electron chi connectivity index (χ0n) is 12.0. The fraction of sp³-hybridized carbons (Fsp3) is 0.714. The van der Waals surface area contributed by atoms with Gasteiger partial charge in [0.25, 0.3) is 0 Å². The summed E-state index contributed by atoms with van der Waals surface area (Å²) in [7, 11) is 1.91. The molecule has 1 aliphatic rings. The van der Waals surface area contributed by atoms with Crippen molar-refractivity contribution in [1.29, 1.82) is 0 Å². The van der Waals surface area contributed by atoms with Crippen LogP contribution in [0.1, 0.15) is 49.9 Å². The minimum atomic E-state index is -0.00109. The number of nitrogens with two attached hydrogens (primary N) is 1. The van der Waals surface area contributed by atoms with Gasteiger partial charge in [-0.05, 0) is 32.6 Å². The summed E-state index contributed by atoms with van der Waals surface area (Å²) in [6, 6.07) is 0.194. The van der Waals surface area contributed by atoms with Crippen molar-refractivity contribution in [3.8, 4) is 0 Å². The van der Waals surface area contributed by atoms with E-state index in [4.69, 9.17) is 5.73 Å². The smallest absolute Gasteiger partial charge is 0.220 e. The second kappa shape index (κ2) is 5.74. The molecular formula is C14H24N4O. The van der Waals surface area contributed by atoms with Crippen molar-refractivity contribution in [2.75, 3.05) is 0 Å². The van der Waals surface area contributed by atoms with Crippen molar-refractivity contribution < 1.29 is 4.79 Å². The number of rotatable bonds is 4. The number of hydrogen-bond acceptors (Lipinski definition) is 3. The first kappa shape index (κ1) is 14.1. The summed E-state index contributed by atoms with van der Waals surface area (Å²) in [5, 5.41) is 7.26. The van der Waals surface area contributed by atoms with Gasteiger partial charge in [0.15, 0.2) is 0 Å². The van der Waals surface area contributed by atoms with E-state index in [0.29, 0.717) is 12.3 Å². The number of hydrogen-bond donors (Lipinski definition) is 2. The lowest BCUT2D eigenvalue weighted by Gasteiger charge is -2.18. The number of carbonyl (C=O) groups is 1. The SMILES string of the molecule is Cc1c(C(C)NC(=O)C[C@@H]2CCC[C@H]2N)cnn1C. The van der Waals surface area contributed by atoms with Gasteiger partial charge in [0.2, 0.25) is 5.91 Å². The molecule has 2 rings (SSSR count). The Labute approximate surface area is 114 Å². The lowest BCUT2D eigenvalue weighted by molar-refractivity contribution is -0.122. The van der Waals surface area contributed by atoms with Crippen LogP contribution in [-0.4, -0.2) is 21.7 Å². The van der Waals surface area contributed by atoms with Crippen LogP contribution >= 0.6 is 0 Å². The summed E-state index contributed by atoms with van der Waals surface area (Å²) in [4.78, 5) is 12.1. The van der Waals surface area contributed by atoms with Crippen molar-refractivity contribution in [3.63, 3.8) is 0 Å². The summed E-state index contributed by atoms with van der Waals surface area (Å²) in [6.07, 6.45) is 5.65. The van der Waals surface area contributed by atoms with Gasteiger partial charge >= 0.3 is 0 Å². The Kier molecular flexibility index (Phi) is 4.24. The van der Waals surface area contributed by atoms with Crippen LogP contribution in [-0.2, 0) is 11.8 Å². The number of amides is 1. The molecule has 5 heteroatoms. The van der Waals surface area contributed by atoms with Crippen LogP contribution in [0.3, 0.4) is 0 Å². The van der Waals surface area contributed by atoms with Gasteiger partial charge in [-0.2, -0.15) is 5.10 Å². The van der Waals surface area contributed by atoms with Gasteiger partial charge in [0.05, 0.1) is 12.2 Å². The first-order chi connectivity index (χ1) is 8.99. The maximum atomic E-state index is 12.1. The Hall–Kier alpha value is -1.36. The minimum absolute atomic E-state index is 0.00109. The molecule has 0 saturated heterocycles. The van der Waals surface area contributed by atoms with E-state index in [-0.39, 0.29) is 18.0 Å². The normalized spacial score (nSPS) is 24.4. The van der Waals surface area contributed by atoms with E-state index in [1.54, 1.807) is 0 Å². The molecule has 1 aromatic heterocycles. The third kappa shape index (κ3) is 3.15. The van der Waals surface area contributed by atoms with E-state index in [9.17, 15) is 4.79 Å². The van der Waals surface area contributed by atoms with Gasteiger partial charge in [-0.15, -0.1) is 0 Å². The maximum Gasteiger partial charge on any atom is 0.220 e. The van der Waals surface area contributed by atoms with Crippen LogP contribution in [0.2, 0.25) is 0 Å². The molecule has 0 aliphatic heterocycles. The lowest BCUT2D eigenvalue weighted by Crippen LogP contribution is -2.33. The Morgan fingerprint density at radius 2 is 2.37 bits per heavy atom. The van der Waals surface area contributed by atoms with Gasteiger partial charge < -0.3 is 11.1 Å². The average molecular weight is 264 g/mol.